The van der Waals surface area contributed by atoms with Gasteiger partial charge in [-0.05, 0) is 51.1 Å². The maximum atomic E-state index is 12.6. The predicted octanol–water partition coefficient (Wildman–Crippen LogP) is 1.88. The molecule has 0 unspecified atom stereocenters. The van der Waals surface area contributed by atoms with E-state index in [1.807, 2.05) is 17.5 Å². The molecule has 1 saturated heterocycles. The minimum Gasteiger partial charge on any atom is -0.353 e. The van der Waals surface area contributed by atoms with Crippen molar-refractivity contribution in [2.24, 2.45) is 0 Å². The highest BCUT2D eigenvalue weighted by molar-refractivity contribution is 7.10. The zero-order chi connectivity index (χ0) is 17.1. The lowest BCUT2D eigenvalue weighted by atomic mass is 10.2. The van der Waals surface area contributed by atoms with E-state index in [9.17, 15) is 9.59 Å². The summed E-state index contributed by atoms with van der Waals surface area (Å²) >= 11 is 1.59. The summed E-state index contributed by atoms with van der Waals surface area (Å²) in [5, 5.41) is 5.04. The molecular formula is C18H27N3O2S. The second-order valence-corrected chi connectivity index (χ2v) is 8.02. The lowest BCUT2D eigenvalue weighted by Gasteiger charge is -2.27. The molecule has 2 fully saturated rings. The Balaban J connectivity index is 1.50. The van der Waals surface area contributed by atoms with Crippen LogP contribution in [-0.4, -0.2) is 59.9 Å². The van der Waals surface area contributed by atoms with Gasteiger partial charge in [-0.1, -0.05) is 6.07 Å². The number of nitrogens with one attached hydrogen (secondary N) is 1. The molecule has 0 aromatic carbocycles. The van der Waals surface area contributed by atoms with E-state index in [1.54, 1.807) is 16.2 Å². The highest BCUT2D eigenvalue weighted by atomic mass is 32.1. The maximum Gasteiger partial charge on any atom is 0.242 e. The Labute approximate surface area is 148 Å². The van der Waals surface area contributed by atoms with Crippen LogP contribution in [0.1, 0.15) is 37.5 Å². The molecule has 132 valence electrons. The fourth-order valence-corrected chi connectivity index (χ4v) is 4.05. The summed E-state index contributed by atoms with van der Waals surface area (Å²) in [6.07, 6.45) is 4.62. The van der Waals surface area contributed by atoms with E-state index in [-0.39, 0.29) is 17.9 Å². The normalized spacial score (nSPS) is 22.0. The quantitative estimate of drug-likeness (QED) is 0.818. The standard InChI is InChI=1S/C18H27N3O2S/c1-13(20(2)14-7-8-14)12-19-18(23)16-6-3-9-21(16)17(22)11-15-5-4-10-24-15/h4-5,10,13-14,16H,3,6-9,11-12H2,1-2H3,(H,19,23)/t13-,16-/m1/s1. The zero-order valence-corrected chi connectivity index (χ0v) is 15.3. The fourth-order valence-electron chi connectivity index (χ4n) is 3.35. The van der Waals surface area contributed by atoms with Crippen LogP contribution < -0.4 is 5.32 Å². The number of rotatable bonds is 7. The Bertz CT molecular complexity index is 571. The summed E-state index contributed by atoms with van der Waals surface area (Å²) < 4.78 is 0. The molecular weight excluding hydrogens is 322 g/mol. The SMILES string of the molecule is C[C@H](CNC(=O)[C@H]1CCCN1C(=O)Cc1cccs1)N(C)C1CC1. The molecule has 24 heavy (non-hydrogen) atoms. The smallest absolute Gasteiger partial charge is 0.242 e. The third-order valence-corrected chi connectivity index (χ3v) is 6.05. The lowest BCUT2D eigenvalue weighted by molar-refractivity contribution is -0.138. The van der Waals surface area contributed by atoms with Crippen LogP contribution in [0.2, 0.25) is 0 Å². The average Bonchev–Trinajstić information content (AvgIpc) is 3.08. The van der Waals surface area contributed by atoms with E-state index < -0.39 is 0 Å². The number of carbonyl (C=O) groups excluding carboxylic acids is 2. The molecule has 2 amide bonds. The van der Waals surface area contributed by atoms with Gasteiger partial charge in [-0.15, -0.1) is 11.3 Å². The van der Waals surface area contributed by atoms with E-state index in [0.29, 0.717) is 31.6 Å². The molecule has 1 N–H and O–H groups in total. The average molecular weight is 350 g/mol. The summed E-state index contributed by atoms with van der Waals surface area (Å²) in [4.78, 5) is 30.2. The number of likely N-dealkylation sites (N-methyl/N-ethyl adjacent to an activating group) is 1. The lowest BCUT2D eigenvalue weighted by Crippen LogP contribution is -2.49. The van der Waals surface area contributed by atoms with Crippen molar-refractivity contribution in [3.63, 3.8) is 0 Å². The second kappa shape index (κ2) is 7.66. The first-order valence-corrected chi connectivity index (χ1v) is 9.75. The third kappa shape index (κ3) is 4.16. The first kappa shape index (κ1) is 17.4. The Kier molecular flexibility index (Phi) is 5.56. The molecule has 0 spiro atoms. The monoisotopic (exact) mass is 349 g/mol. The molecule has 2 atom stereocenters. The molecule has 1 aliphatic carbocycles. The van der Waals surface area contributed by atoms with Gasteiger partial charge in [0.2, 0.25) is 11.8 Å². The van der Waals surface area contributed by atoms with E-state index in [2.05, 4.69) is 24.2 Å². The van der Waals surface area contributed by atoms with Gasteiger partial charge in [0.05, 0.1) is 6.42 Å². The molecule has 5 nitrogen and oxygen atoms in total. The minimum atomic E-state index is -0.295. The zero-order valence-electron chi connectivity index (χ0n) is 14.5. The van der Waals surface area contributed by atoms with Gasteiger partial charge in [0.25, 0.3) is 0 Å². The van der Waals surface area contributed by atoms with E-state index in [1.165, 1.54) is 12.8 Å². The van der Waals surface area contributed by atoms with Crippen LogP contribution in [-0.2, 0) is 16.0 Å². The van der Waals surface area contributed by atoms with Crippen molar-refractivity contribution in [2.45, 2.75) is 57.2 Å². The summed E-state index contributed by atoms with van der Waals surface area (Å²) in [7, 11) is 2.13. The van der Waals surface area contributed by atoms with E-state index in [0.717, 1.165) is 17.7 Å². The summed E-state index contributed by atoms with van der Waals surface area (Å²) in [6, 6.07) is 4.66. The van der Waals surface area contributed by atoms with Crippen molar-refractivity contribution in [1.82, 2.24) is 15.1 Å². The van der Waals surface area contributed by atoms with Crippen LogP contribution in [0, 0.1) is 0 Å². The second-order valence-electron chi connectivity index (χ2n) is 6.99. The Hall–Kier alpha value is -1.40. The van der Waals surface area contributed by atoms with Crippen molar-refractivity contribution in [3.05, 3.63) is 22.4 Å². The molecule has 1 aromatic heterocycles. The number of amides is 2. The predicted molar refractivity (Wildman–Crippen MR) is 96.0 cm³/mol. The molecule has 2 aliphatic rings. The van der Waals surface area contributed by atoms with Gasteiger partial charge < -0.3 is 10.2 Å². The van der Waals surface area contributed by atoms with Gasteiger partial charge in [0.1, 0.15) is 6.04 Å². The van der Waals surface area contributed by atoms with Crippen LogP contribution in [0.3, 0.4) is 0 Å². The van der Waals surface area contributed by atoms with Crippen LogP contribution in [0.5, 0.6) is 0 Å². The van der Waals surface area contributed by atoms with Crippen LogP contribution in [0.4, 0.5) is 0 Å². The highest BCUT2D eigenvalue weighted by Crippen LogP contribution is 2.26. The van der Waals surface area contributed by atoms with Gasteiger partial charge in [-0.3, -0.25) is 14.5 Å². The van der Waals surface area contributed by atoms with Gasteiger partial charge >= 0.3 is 0 Å². The Morgan fingerprint density at radius 1 is 1.42 bits per heavy atom. The minimum absolute atomic E-state index is 0.00285. The molecule has 0 radical (unpaired) electrons. The summed E-state index contributed by atoms with van der Waals surface area (Å²) in [6.45, 7) is 3.49. The molecule has 1 saturated carbocycles. The number of hydrogen-bond acceptors (Lipinski definition) is 4. The van der Waals surface area contributed by atoms with Crippen LogP contribution in [0.25, 0.3) is 0 Å². The third-order valence-electron chi connectivity index (χ3n) is 5.17. The van der Waals surface area contributed by atoms with Gasteiger partial charge in [0.15, 0.2) is 0 Å². The Morgan fingerprint density at radius 2 is 2.21 bits per heavy atom. The molecule has 1 aliphatic heterocycles. The Morgan fingerprint density at radius 3 is 2.88 bits per heavy atom. The largest absolute Gasteiger partial charge is 0.353 e. The molecule has 0 bridgehead atoms. The summed E-state index contributed by atoms with van der Waals surface area (Å²) in [5.41, 5.74) is 0. The number of nitrogens with zero attached hydrogens (tertiary/aromatic N) is 2. The van der Waals surface area contributed by atoms with Gasteiger partial charge in [0, 0.05) is 30.1 Å². The van der Waals surface area contributed by atoms with Crippen LogP contribution in [0.15, 0.2) is 17.5 Å². The van der Waals surface area contributed by atoms with Crippen molar-refractivity contribution < 1.29 is 9.59 Å². The van der Waals surface area contributed by atoms with Crippen molar-refractivity contribution in [1.29, 1.82) is 0 Å². The van der Waals surface area contributed by atoms with Crippen molar-refractivity contribution >= 4 is 23.2 Å². The van der Waals surface area contributed by atoms with E-state index >= 15 is 0 Å². The molecule has 6 heteroatoms. The van der Waals surface area contributed by atoms with Gasteiger partial charge in [-0.25, -0.2) is 0 Å². The number of carbonyl (C=O) groups is 2. The summed E-state index contributed by atoms with van der Waals surface area (Å²) in [5.74, 6) is 0.0707. The van der Waals surface area contributed by atoms with Gasteiger partial charge in [-0.2, -0.15) is 0 Å². The fraction of sp³-hybridized carbons (Fsp3) is 0.667. The number of likely N-dealkylation sites (tertiary alicyclic amines) is 1. The molecule has 2 heterocycles. The molecule has 1 aromatic rings. The topological polar surface area (TPSA) is 52.7 Å². The first-order chi connectivity index (χ1) is 11.6. The maximum absolute atomic E-state index is 12.6. The number of hydrogen-bond donors (Lipinski definition) is 1. The van der Waals surface area contributed by atoms with Crippen molar-refractivity contribution in [2.75, 3.05) is 20.1 Å². The number of thiophene rings is 1. The van der Waals surface area contributed by atoms with Crippen molar-refractivity contribution in [3.8, 4) is 0 Å². The first-order valence-electron chi connectivity index (χ1n) is 8.87. The van der Waals surface area contributed by atoms with Crippen LogP contribution >= 0.6 is 11.3 Å². The van der Waals surface area contributed by atoms with E-state index in [4.69, 9.17) is 0 Å². The molecule has 3 rings (SSSR count). The highest BCUT2D eigenvalue weighted by Gasteiger charge is 2.34.